The van der Waals surface area contributed by atoms with Crippen LogP contribution in [0.1, 0.15) is 42.7 Å². The number of likely N-dealkylation sites (N-methyl/N-ethyl adjacent to an activating group) is 2. The molecule has 4 rings (SSSR count). The SMILES string of the molecule is CN1CCN(C)C(c2nc3c(C4CCCCN4C(N)=O)cccc3[nH]2)C1. The Morgan fingerprint density at radius 3 is 2.85 bits per heavy atom. The first kappa shape index (κ1) is 17.3. The number of aromatic nitrogens is 2. The molecule has 2 aliphatic rings. The predicted molar refractivity (Wildman–Crippen MR) is 102 cm³/mol. The molecule has 2 fully saturated rings. The lowest BCUT2D eigenvalue weighted by Crippen LogP contribution is -2.45. The van der Waals surface area contributed by atoms with E-state index in [1.54, 1.807) is 4.90 Å². The van der Waals surface area contributed by atoms with Crippen molar-refractivity contribution in [3.8, 4) is 0 Å². The molecule has 2 aliphatic heterocycles. The van der Waals surface area contributed by atoms with E-state index in [1.165, 1.54) is 0 Å². The molecule has 3 N–H and O–H groups in total. The van der Waals surface area contributed by atoms with E-state index < -0.39 is 0 Å². The summed E-state index contributed by atoms with van der Waals surface area (Å²) in [5.41, 5.74) is 8.76. The van der Waals surface area contributed by atoms with Gasteiger partial charge in [-0.15, -0.1) is 0 Å². The van der Waals surface area contributed by atoms with Crippen LogP contribution in [0.5, 0.6) is 0 Å². The van der Waals surface area contributed by atoms with Crippen LogP contribution in [0.2, 0.25) is 0 Å². The van der Waals surface area contributed by atoms with Gasteiger partial charge in [0.05, 0.1) is 23.1 Å². The zero-order valence-corrected chi connectivity index (χ0v) is 15.6. The summed E-state index contributed by atoms with van der Waals surface area (Å²) < 4.78 is 0. The van der Waals surface area contributed by atoms with Crippen molar-refractivity contribution in [1.29, 1.82) is 0 Å². The fraction of sp³-hybridized carbons (Fsp3) is 0.579. The molecule has 26 heavy (non-hydrogen) atoms. The first-order valence-electron chi connectivity index (χ1n) is 9.48. The number of amides is 2. The first-order chi connectivity index (χ1) is 12.5. The van der Waals surface area contributed by atoms with E-state index in [2.05, 4.69) is 41.0 Å². The molecule has 2 aromatic rings. The Morgan fingerprint density at radius 1 is 1.19 bits per heavy atom. The molecule has 2 unspecified atom stereocenters. The van der Waals surface area contributed by atoms with Crippen molar-refractivity contribution in [2.24, 2.45) is 5.73 Å². The third-order valence-corrected chi connectivity index (χ3v) is 5.87. The minimum absolute atomic E-state index is 0.0212. The summed E-state index contributed by atoms with van der Waals surface area (Å²) in [7, 11) is 4.31. The fourth-order valence-corrected chi connectivity index (χ4v) is 4.32. The lowest BCUT2D eigenvalue weighted by atomic mass is 9.94. The number of nitrogens with two attached hydrogens (primary N) is 1. The summed E-state index contributed by atoms with van der Waals surface area (Å²) in [6, 6.07) is 6.15. The monoisotopic (exact) mass is 356 g/mol. The second-order valence-electron chi connectivity index (χ2n) is 7.67. The van der Waals surface area contributed by atoms with Crippen LogP contribution in [0.25, 0.3) is 11.0 Å². The van der Waals surface area contributed by atoms with Crippen molar-refractivity contribution in [1.82, 2.24) is 24.7 Å². The Balaban J connectivity index is 1.73. The fourth-order valence-electron chi connectivity index (χ4n) is 4.32. The molecule has 0 spiro atoms. The largest absolute Gasteiger partial charge is 0.351 e. The van der Waals surface area contributed by atoms with Crippen LogP contribution < -0.4 is 5.73 Å². The van der Waals surface area contributed by atoms with E-state index in [-0.39, 0.29) is 18.1 Å². The Labute approximate surface area is 154 Å². The van der Waals surface area contributed by atoms with Crippen molar-refractivity contribution in [3.63, 3.8) is 0 Å². The molecular weight excluding hydrogens is 328 g/mol. The normalized spacial score (nSPS) is 25.7. The third-order valence-electron chi connectivity index (χ3n) is 5.87. The number of primary amides is 1. The van der Waals surface area contributed by atoms with Crippen LogP contribution in [0.3, 0.4) is 0 Å². The van der Waals surface area contributed by atoms with Gasteiger partial charge in [-0.3, -0.25) is 4.90 Å². The van der Waals surface area contributed by atoms with E-state index in [0.29, 0.717) is 0 Å². The second-order valence-corrected chi connectivity index (χ2v) is 7.67. The predicted octanol–water partition coefficient (Wildman–Crippen LogP) is 2.09. The lowest BCUT2D eigenvalue weighted by molar-refractivity contribution is 0.110. The average Bonchev–Trinajstić information content (AvgIpc) is 3.07. The van der Waals surface area contributed by atoms with Gasteiger partial charge in [0.2, 0.25) is 0 Å². The number of H-pyrrole nitrogens is 1. The number of benzene rings is 1. The molecule has 2 atom stereocenters. The highest BCUT2D eigenvalue weighted by molar-refractivity contribution is 5.81. The average molecular weight is 356 g/mol. The number of urea groups is 1. The van der Waals surface area contributed by atoms with Gasteiger partial charge in [0, 0.05) is 31.7 Å². The maximum atomic E-state index is 11.9. The number of nitrogens with one attached hydrogen (secondary N) is 1. The molecular formula is C19H28N6O. The van der Waals surface area contributed by atoms with Gasteiger partial charge >= 0.3 is 6.03 Å². The number of fused-ring (bicyclic) bond motifs is 1. The van der Waals surface area contributed by atoms with Crippen molar-refractivity contribution in [2.45, 2.75) is 31.3 Å². The number of aromatic amines is 1. The minimum atomic E-state index is -0.337. The standard InChI is InChI=1S/C19H28N6O/c1-23-10-11-24(2)16(12-23)18-21-14-7-5-6-13(17(14)22-18)15-8-3-4-9-25(15)19(20)26/h5-7,15-16H,3-4,8-12H2,1-2H3,(H2,20,26)(H,21,22). The number of rotatable bonds is 2. The number of piperidine rings is 1. The smallest absolute Gasteiger partial charge is 0.315 e. The van der Waals surface area contributed by atoms with Crippen LogP contribution in [0.4, 0.5) is 4.79 Å². The van der Waals surface area contributed by atoms with Gasteiger partial charge in [0.15, 0.2) is 0 Å². The maximum absolute atomic E-state index is 11.9. The molecule has 7 heteroatoms. The number of likely N-dealkylation sites (tertiary alicyclic amines) is 1. The third kappa shape index (κ3) is 3.05. The molecule has 7 nitrogen and oxygen atoms in total. The maximum Gasteiger partial charge on any atom is 0.315 e. The van der Waals surface area contributed by atoms with Gasteiger partial charge in [-0.2, -0.15) is 0 Å². The highest BCUT2D eigenvalue weighted by atomic mass is 16.2. The number of hydrogen-bond donors (Lipinski definition) is 2. The van der Waals surface area contributed by atoms with Gasteiger partial charge in [-0.1, -0.05) is 12.1 Å². The van der Waals surface area contributed by atoms with E-state index in [9.17, 15) is 4.79 Å². The van der Waals surface area contributed by atoms with Gasteiger partial charge in [0.1, 0.15) is 5.82 Å². The zero-order chi connectivity index (χ0) is 18.3. The number of carbonyl (C=O) groups is 1. The number of piperazine rings is 1. The summed E-state index contributed by atoms with van der Waals surface area (Å²) in [5.74, 6) is 1.00. The van der Waals surface area contributed by atoms with E-state index >= 15 is 0 Å². The number of hydrogen-bond acceptors (Lipinski definition) is 4. The molecule has 0 saturated carbocycles. The van der Waals surface area contributed by atoms with Crippen molar-refractivity contribution >= 4 is 17.1 Å². The van der Waals surface area contributed by atoms with Gasteiger partial charge in [0.25, 0.3) is 0 Å². The number of para-hydroxylation sites is 1. The van der Waals surface area contributed by atoms with Crippen LogP contribution >= 0.6 is 0 Å². The summed E-state index contributed by atoms with van der Waals surface area (Å²) in [6.45, 7) is 3.80. The Morgan fingerprint density at radius 2 is 2.04 bits per heavy atom. The summed E-state index contributed by atoms with van der Waals surface area (Å²) in [6.07, 6.45) is 3.06. The van der Waals surface area contributed by atoms with E-state index in [1.807, 2.05) is 6.07 Å². The van der Waals surface area contributed by atoms with Crippen LogP contribution in [0.15, 0.2) is 18.2 Å². The Hall–Kier alpha value is -2.12. The summed E-state index contributed by atoms with van der Waals surface area (Å²) in [4.78, 5) is 26.9. The summed E-state index contributed by atoms with van der Waals surface area (Å²) in [5, 5.41) is 0. The molecule has 2 amide bonds. The first-order valence-corrected chi connectivity index (χ1v) is 9.48. The lowest BCUT2D eigenvalue weighted by Gasteiger charge is -2.36. The van der Waals surface area contributed by atoms with Crippen LogP contribution in [0, 0.1) is 0 Å². The zero-order valence-electron chi connectivity index (χ0n) is 15.6. The molecule has 140 valence electrons. The molecule has 1 aromatic carbocycles. The van der Waals surface area contributed by atoms with Crippen molar-refractivity contribution < 1.29 is 4.79 Å². The second kappa shape index (κ2) is 6.89. The number of carbonyl (C=O) groups excluding carboxylic acids is 1. The molecule has 3 heterocycles. The van der Waals surface area contributed by atoms with Crippen molar-refractivity contribution in [2.75, 3.05) is 40.3 Å². The molecule has 0 radical (unpaired) electrons. The van der Waals surface area contributed by atoms with Crippen LogP contribution in [-0.4, -0.2) is 71.0 Å². The van der Waals surface area contributed by atoms with Crippen LogP contribution in [-0.2, 0) is 0 Å². The quantitative estimate of drug-likeness (QED) is 0.863. The highest BCUT2D eigenvalue weighted by Crippen LogP contribution is 2.35. The molecule has 0 bridgehead atoms. The topological polar surface area (TPSA) is 81.5 Å². The van der Waals surface area contributed by atoms with Gasteiger partial charge in [-0.05, 0) is 39.4 Å². The Kier molecular flexibility index (Phi) is 4.58. The molecule has 2 saturated heterocycles. The van der Waals surface area contributed by atoms with Gasteiger partial charge in [-0.25, -0.2) is 9.78 Å². The Bertz CT molecular complexity index is 802. The van der Waals surface area contributed by atoms with Crippen molar-refractivity contribution in [3.05, 3.63) is 29.6 Å². The van der Waals surface area contributed by atoms with E-state index in [4.69, 9.17) is 10.7 Å². The highest BCUT2D eigenvalue weighted by Gasteiger charge is 2.30. The number of nitrogens with zero attached hydrogens (tertiary/aromatic N) is 4. The van der Waals surface area contributed by atoms with Gasteiger partial charge < -0.3 is 20.5 Å². The minimum Gasteiger partial charge on any atom is -0.351 e. The number of imidazole rings is 1. The molecule has 0 aliphatic carbocycles. The summed E-state index contributed by atoms with van der Waals surface area (Å²) >= 11 is 0. The van der Waals surface area contributed by atoms with E-state index in [0.717, 1.165) is 67.9 Å². The molecule has 1 aromatic heterocycles.